The molecule has 4 heterocycles. The van der Waals surface area contributed by atoms with Gasteiger partial charge in [-0.2, -0.15) is 5.10 Å². The molecule has 0 fully saturated rings. The molecule has 0 aliphatic rings. The third-order valence-corrected chi connectivity index (χ3v) is 7.46. The van der Waals surface area contributed by atoms with Crippen LogP contribution in [-0.2, 0) is 21.4 Å². The predicted molar refractivity (Wildman–Crippen MR) is 163 cm³/mol. The number of carbonyl (C=O) groups excluding carboxylic acids is 1. The van der Waals surface area contributed by atoms with Crippen molar-refractivity contribution in [3.8, 4) is 33.8 Å². The van der Waals surface area contributed by atoms with Gasteiger partial charge in [0.2, 0.25) is 15.9 Å². The van der Waals surface area contributed by atoms with Crippen molar-refractivity contribution in [1.29, 1.82) is 0 Å². The van der Waals surface area contributed by atoms with Gasteiger partial charge >= 0.3 is 0 Å². The average molecular weight is 599 g/mol. The Morgan fingerprint density at radius 3 is 2.67 bits per heavy atom. The van der Waals surface area contributed by atoms with E-state index in [-0.39, 0.29) is 12.5 Å². The molecule has 43 heavy (non-hydrogen) atoms. The summed E-state index contributed by atoms with van der Waals surface area (Å²) < 4.78 is 40.1. The normalized spacial score (nSPS) is 11.8. The highest BCUT2D eigenvalue weighted by Gasteiger charge is 2.17. The van der Waals surface area contributed by atoms with Crippen molar-refractivity contribution in [3.63, 3.8) is 0 Å². The first kappa shape index (κ1) is 28.1. The smallest absolute Gasteiger partial charge is 0.224 e. The third-order valence-electron chi connectivity index (χ3n) is 6.79. The van der Waals surface area contributed by atoms with Crippen LogP contribution in [-0.4, -0.2) is 50.7 Å². The van der Waals surface area contributed by atoms with Gasteiger partial charge in [0.05, 0.1) is 34.6 Å². The van der Waals surface area contributed by atoms with E-state index in [1.807, 2.05) is 37.3 Å². The summed E-state index contributed by atoms with van der Waals surface area (Å²) in [4.78, 5) is 29.0. The lowest BCUT2D eigenvalue weighted by Crippen LogP contribution is -2.21. The highest BCUT2D eigenvalue weighted by atomic mass is 32.2. The number of amides is 1. The van der Waals surface area contributed by atoms with Gasteiger partial charge in [-0.05, 0) is 53.9 Å². The van der Waals surface area contributed by atoms with Crippen LogP contribution in [0.2, 0.25) is 0 Å². The number of nitrogens with zero attached hydrogens (tertiary/aromatic N) is 4. The Labute approximate surface area is 246 Å². The van der Waals surface area contributed by atoms with E-state index >= 15 is 0 Å². The molecule has 2 aromatic carbocycles. The second-order valence-electron chi connectivity index (χ2n) is 10.2. The summed E-state index contributed by atoms with van der Waals surface area (Å²) in [6.45, 7) is 1.91. The van der Waals surface area contributed by atoms with Crippen LogP contribution < -0.4 is 10.0 Å². The number of H-pyrrole nitrogens is 2. The minimum atomic E-state index is -3.44. The van der Waals surface area contributed by atoms with E-state index in [0.717, 1.165) is 29.2 Å². The monoisotopic (exact) mass is 598 g/mol. The molecule has 218 valence electrons. The van der Waals surface area contributed by atoms with Gasteiger partial charge in [0.1, 0.15) is 11.5 Å². The maximum Gasteiger partial charge on any atom is 0.224 e. The Kier molecular flexibility index (Phi) is 7.42. The van der Waals surface area contributed by atoms with Gasteiger partial charge in [-0.15, -0.1) is 0 Å². The van der Waals surface area contributed by atoms with Crippen molar-refractivity contribution in [1.82, 2.24) is 34.9 Å². The number of sulfonamides is 1. The number of hydrogen-bond donors (Lipinski definition) is 4. The number of aromatic amines is 2. The molecule has 6 rings (SSSR count). The van der Waals surface area contributed by atoms with E-state index in [1.54, 1.807) is 24.7 Å². The number of halogens is 1. The third kappa shape index (κ3) is 6.12. The highest BCUT2D eigenvalue weighted by Crippen LogP contribution is 2.33. The maximum atomic E-state index is 14.6. The number of rotatable bonds is 9. The van der Waals surface area contributed by atoms with Crippen LogP contribution in [0.3, 0.4) is 0 Å². The molecule has 0 aliphatic heterocycles. The predicted octanol–water partition coefficient (Wildman–Crippen LogP) is 5.16. The molecule has 0 saturated heterocycles. The molecule has 0 atom stereocenters. The van der Waals surface area contributed by atoms with E-state index in [9.17, 15) is 17.6 Å². The Bertz CT molecular complexity index is 2110. The summed E-state index contributed by atoms with van der Waals surface area (Å²) in [6.07, 6.45) is 7.23. The van der Waals surface area contributed by atoms with Gasteiger partial charge < -0.3 is 10.3 Å². The number of aromatic nitrogens is 6. The van der Waals surface area contributed by atoms with Crippen LogP contribution in [0, 0.1) is 5.82 Å². The Morgan fingerprint density at radius 2 is 1.86 bits per heavy atom. The van der Waals surface area contributed by atoms with Crippen LogP contribution in [0.4, 0.5) is 10.1 Å². The molecule has 0 saturated carbocycles. The lowest BCUT2D eigenvalue weighted by Gasteiger charge is -2.08. The second kappa shape index (κ2) is 11.3. The summed E-state index contributed by atoms with van der Waals surface area (Å²) in [5.74, 6) is -0.0749. The first-order valence-corrected chi connectivity index (χ1v) is 15.4. The molecule has 6 aromatic rings. The largest absolute Gasteiger partial charge is 0.337 e. The summed E-state index contributed by atoms with van der Waals surface area (Å²) in [5, 5.41) is 11.0. The number of fused-ring (bicyclic) bond motifs is 2. The molecular weight excluding hydrogens is 571 g/mol. The molecule has 4 aromatic heterocycles. The van der Waals surface area contributed by atoms with Crippen molar-refractivity contribution in [2.45, 2.75) is 26.3 Å². The summed E-state index contributed by atoms with van der Waals surface area (Å²) in [7, 11) is -3.44. The van der Waals surface area contributed by atoms with E-state index in [0.29, 0.717) is 57.0 Å². The standard InChI is InChI=1S/C30H27FN8O3S/c1-3-5-26(40)35-22-11-19(14-32-16-22)20-12-24-28(38-39-29(24)33-15-20)30-36-25-7-4-6-23(27(25)37-30)18-8-17(9-21(31)10-18)13-34-43(2,41)42/h4,6-12,14-16,34H,3,5,13H2,1-2H3,(H,35,40)(H,36,37)(H,33,38,39). The summed E-state index contributed by atoms with van der Waals surface area (Å²) in [6, 6.07) is 13.7. The fourth-order valence-electron chi connectivity index (χ4n) is 4.86. The van der Waals surface area contributed by atoms with Crippen molar-refractivity contribution < 1.29 is 17.6 Å². The van der Waals surface area contributed by atoms with E-state index < -0.39 is 15.8 Å². The van der Waals surface area contributed by atoms with Gasteiger partial charge in [-0.1, -0.05) is 19.1 Å². The number of para-hydroxylation sites is 1. The van der Waals surface area contributed by atoms with E-state index in [1.165, 1.54) is 12.1 Å². The minimum Gasteiger partial charge on any atom is -0.337 e. The Balaban J connectivity index is 1.37. The number of imidazole rings is 1. The molecule has 0 spiro atoms. The van der Waals surface area contributed by atoms with Gasteiger partial charge in [-0.3, -0.25) is 14.9 Å². The van der Waals surface area contributed by atoms with Gasteiger partial charge in [0.25, 0.3) is 0 Å². The number of carbonyl (C=O) groups is 1. The van der Waals surface area contributed by atoms with E-state index in [4.69, 9.17) is 4.98 Å². The fraction of sp³-hybridized carbons (Fsp3) is 0.167. The highest BCUT2D eigenvalue weighted by molar-refractivity contribution is 7.88. The zero-order valence-corrected chi connectivity index (χ0v) is 24.1. The molecule has 13 heteroatoms. The van der Waals surface area contributed by atoms with Crippen molar-refractivity contribution in [2.75, 3.05) is 11.6 Å². The fourth-order valence-corrected chi connectivity index (χ4v) is 5.29. The SMILES string of the molecule is CCCC(=O)Nc1cncc(-c2cnc3[nH]nc(-c4nc5c(-c6cc(F)cc(CNS(C)(=O)=O)c6)cccc5[nH]4)c3c2)c1. The molecular formula is C30H27FN8O3S. The quantitative estimate of drug-likeness (QED) is 0.179. The number of pyridine rings is 2. The molecule has 0 unspecified atom stereocenters. The van der Waals surface area contributed by atoms with Crippen molar-refractivity contribution in [3.05, 3.63) is 78.5 Å². The van der Waals surface area contributed by atoms with E-state index in [2.05, 4.69) is 35.2 Å². The lowest BCUT2D eigenvalue weighted by molar-refractivity contribution is -0.116. The lowest BCUT2D eigenvalue weighted by atomic mass is 10.0. The molecule has 0 radical (unpaired) electrons. The first-order valence-electron chi connectivity index (χ1n) is 13.5. The molecule has 1 amide bonds. The molecule has 0 aliphatic carbocycles. The second-order valence-corrected chi connectivity index (χ2v) is 12.0. The van der Waals surface area contributed by atoms with Crippen molar-refractivity contribution in [2.24, 2.45) is 0 Å². The number of anilines is 1. The molecule has 0 bridgehead atoms. The number of hydrogen-bond acceptors (Lipinski definition) is 7. The first-order chi connectivity index (χ1) is 20.7. The Hall–Kier alpha value is -5.01. The zero-order chi connectivity index (χ0) is 30.1. The number of benzene rings is 2. The van der Waals surface area contributed by atoms with Crippen LogP contribution in [0.25, 0.3) is 55.8 Å². The molecule has 11 nitrogen and oxygen atoms in total. The topological polar surface area (TPSA) is 158 Å². The minimum absolute atomic E-state index is 0.0382. The van der Waals surface area contributed by atoms with Crippen LogP contribution >= 0.6 is 0 Å². The maximum absolute atomic E-state index is 14.6. The average Bonchev–Trinajstić information content (AvgIpc) is 3.59. The zero-order valence-electron chi connectivity index (χ0n) is 23.3. The number of nitrogens with one attached hydrogen (secondary N) is 4. The van der Waals surface area contributed by atoms with Gasteiger partial charge in [0, 0.05) is 42.0 Å². The van der Waals surface area contributed by atoms with Crippen LogP contribution in [0.15, 0.2) is 67.1 Å². The summed E-state index contributed by atoms with van der Waals surface area (Å²) >= 11 is 0. The van der Waals surface area contributed by atoms with Crippen LogP contribution in [0.1, 0.15) is 25.3 Å². The van der Waals surface area contributed by atoms with Crippen molar-refractivity contribution >= 4 is 43.7 Å². The van der Waals surface area contributed by atoms with Gasteiger partial charge in [0.15, 0.2) is 11.5 Å². The summed E-state index contributed by atoms with van der Waals surface area (Å²) in [5.41, 5.74) is 6.29. The Morgan fingerprint density at radius 1 is 1.02 bits per heavy atom. The van der Waals surface area contributed by atoms with Gasteiger partial charge in [-0.25, -0.2) is 27.5 Å². The molecule has 4 N–H and O–H groups in total. The van der Waals surface area contributed by atoms with Crippen LogP contribution in [0.5, 0.6) is 0 Å².